The second kappa shape index (κ2) is 20.7. The summed E-state index contributed by atoms with van der Waals surface area (Å²) >= 11 is 0. The predicted octanol–water partition coefficient (Wildman–Crippen LogP) is 19.6. The molecule has 0 amide bonds. The first-order valence-electron chi connectivity index (χ1n) is 27.3. The second-order valence-corrected chi connectivity index (χ2v) is 30.9. The van der Waals surface area contributed by atoms with Gasteiger partial charge in [0.15, 0.2) is 0 Å². The topological polar surface area (TPSA) is 43.9 Å². The van der Waals surface area contributed by atoms with E-state index in [-0.39, 0.29) is 48.2 Å². The number of benzene rings is 8. The van der Waals surface area contributed by atoms with Crippen LogP contribution in [0.25, 0.3) is 94.0 Å². The summed E-state index contributed by atoms with van der Waals surface area (Å²) in [6.07, 6.45) is 1.87. The molecule has 3 heterocycles. The number of rotatable bonds is 7. The Hall–Kier alpha value is -6.43. The molecule has 395 valence electrons. The van der Waals surface area contributed by atoms with Crippen molar-refractivity contribution in [3.63, 3.8) is 0 Å². The molecule has 11 aromatic rings. The SMILES string of the molecule is CC(C)(C)c1ccnc(-c2[c-]cccc2)c1.CC(C)c1cc(-c2cc(C(C)(C)C)cc(C(C)(C)C)c2)cc(C(C)C)c1-n1c(-c2[c-]ccc3c2oc2cc4c(ccc5ccccc54)cc23)nc2cc([Si](C)(C)C)ccc21.[Ir]. The van der Waals surface area contributed by atoms with Crippen molar-refractivity contribution in [2.45, 2.75) is 138 Å². The van der Waals surface area contributed by atoms with Crippen molar-refractivity contribution in [1.29, 1.82) is 0 Å². The van der Waals surface area contributed by atoms with Crippen LogP contribution in [0.2, 0.25) is 19.6 Å². The first-order valence-corrected chi connectivity index (χ1v) is 30.8. The van der Waals surface area contributed by atoms with Crippen molar-refractivity contribution in [3.05, 3.63) is 192 Å². The fraction of sp³-hybridized carbons (Fsp3) is 0.296. The van der Waals surface area contributed by atoms with Gasteiger partial charge in [0.05, 0.1) is 30.5 Å². The molecule has 0 fully saturated rings. The molecule has 4 nitrogen and oxygen atoms in total. The molecule has 0 aliphatic carbocycles. The smallest absolute Gasteiger partial charge is 0.121 e. The summed E-state index contributed by atoms with van der Waals surface area (Å²) in [6, 6.07) is 60.0. The molecule has 3 aromatic heterocycles. The van der Waals surface area contributed by atoms with Gasteiger partial charge in [-0.1, -0.05) is 193 Å². The van der Waals surface area contributed by atoms with E-state index in [2.05, 4.69) is 253 Å². The van der Waals surface area contributed by atoms with Gasteiger partial charge >= 0.3 is 0 Å². The van der Waals surface area contributed by atoms with Crippen molar-refractivity contribution in [3.8, 4) is 39.5 Å². The van der Waals surface area contributed by atoms with Gasteiger partial charge in [0, 0.05) is 37.4 Å². The monoisotopic (exact) mass is 1210 g/mol. The summed E-state index contributed by atoms with van der Waals surface area (Å²) < 4.78 is 9.44. The molecule has 1 radical (unpaired) electrons. The van der Waals surface area contributed by atoms with Gasteiger partial charge in [-0.2, -0.15) is 0 Å². The molecule has 0 N–H and O–H groups in total. The van der Waals surface area contributed by atoms with Crippen LogP contribution in [0.3, 0.4) is 0 Å². The zero-order chi connectivity index (χ0) is 54.2. The Balaban J connectivity index is 0.000000364. The van der Waals surface area contributed by atoms with Crippen LogP contribution in [-0.4, -0.2) is 22.6 Å². The average Bonchev–Trinajstić information content (AvgIpc) is 4.03. The normalized spacial score (nSPS) is 12.5. The maximum atomic E-state index is 6.99. The van der Waals surface area contributed by atoms with Crippen LogP contribution in [0.1, 0.15) is 130 Å². The van der Waals surface area contributed by atoms with E-state index in [0.29, 0.717) is 0 Å². The standard InChI is InChI=1S/C56H59N2OSi.C15H16N.Ir/c1-33(2)45-28-38(37-25-39(55(5,6)7)30-40(26-37)56(8,9)10)29-46(34(3)4)52(45)58-50-24-23-41(60(11,12)13)31-49(50)57-54(58)44-20-16-19-43-48-27-36-22-21-35-17-14-15-18-42(35)47(36)32-51(48)59-53(43)44;1-15(2,3)13-9-10-16-14(11-13)12-7-5-4-6-8-12;/h14-19,21-34H,1-13H3;4-7,9-11H,1-3H3;/q2*-1;. The Bertz CT molecular complexity index is 3920. The molecule has 0 aliphatic heterocycles. The number of hydrogen-bond acceptors (Lipinski definition) is 3. The van der Waals surface area contributed by atoms with Gasteiger partial charge in [0.1, 0.15) is 5.58 Å². The molecule has 11 rings (SSSR count). The van der Waals surface area contributed by atoms with E-state index in [1.807, 2.05) is 30.5 Å². The Labute approximate surface area is 472 Å². The summed E-state index contributed by atoms with van der Waals surface area (Å²) in [6.45, 7) is 37.1. The second-order valence-electron chi connectivity index (χ2n) is 25.8. The van der Waals surface area contributed by atoms with Crippen LogP contribution in [-0.2, 0) is 36.4 Å². The van der Waals surface area contributed by atoms with Crippen LogP contribution in [0.4, 0.5) is 0 Å². The minimum atomic E-state index is -1.64. The molecule has 0 bridgehead atoms. The quantitative estimate of drug-likeness (QED) is 0.0907. The van der Waals surface area contributed by atoms with Gasteiger partial charge in [-0.3, -0.25) is 4.98 Å². The van der Waals surface area contributed by atoms with Crippen LogP contribution >= 0.6 is 0 Å². The van der Waals surface area contributed by atoms with Gasteiger partial charge < -0.3 is 14.0 Å². The van der Waals surface area contributed by atoms with E-state index < -0.39 is 8.07 Å². The number of nitrogens with zero attached hydrogens (tertiary/aromatic N) is 3. The van der Waals surface area contributed by atoms with Crippen molar-refractivity contribution >= 4 is 67.8 Å². The molecular weight excluding hydrogens is 1130 g/mol. The van der Waals surface area contributed by atoms with Gasteiger partial charge in [0.2, 0.25) is 0 Å². The van der Waals surface area contributed by atoms with E-state index in [1.165, 1.54) is 71.4 Å². The number of imidazole rings is 1. The average molecular weight is 1210 g/mol. The first-order chi connectivity index (χ1) is 35.8. The van der Waals surface area contributed by atoms with Gasteiger partial charge in [-0.05, 0) is 137 Å². The van der Waals surface area contributed by atoms with Crippen LogP contribution in [0.5, 0.6) is 0 Å². The summed E-state index contributed by atoms with van der Waals surface area (Å²) in [5.74, 6) is 1.34. The number of pyridine rings is 1. The minimum absolute atomic E-state index is 0. The zero-order valence-corrected chi connectivity index (χ0v) is 51.6. The number of hydrogen-bond donors (Lipinski definition) is 0. The maximum absolute atomic E-state index is 6.99. The molecule has 0 saturated carbocycles. The van der Waals surface area contributed by atoms with Crippen molar-refractivity contribution in [1.82, 2.24) is 14.5 Å². The van der Waals surface area contributed by atoms with Crippen molar-refractivity contribution < 1.29 is 24.5 Å². The number of aromatic nitrogens is 3. The maximum Gasteiger partial charge on any atom is 0.121 e. The Morgan fingerprint density at radius 2 is 1.18 bits per heavy atom. The van der Waals surface area contributed by atoms with Crippen molar-refractivity contribution in [2.75, 3.05) is 0 Å². The van der Waals surface area contributed by atoms with E-state index >= 15 is 0 Å². The molecule has 0 atom stereocenters. The van der Waals surface area contributed by atoms with E-state index in [0.717, 1.165) is 55.6 Å². The Morgan fingerprint density at radius 3 is 1.81 bits per heavy atom. The predicted molar refractivity (Wildman–Crippen MR) is 329 cm³/mol. The molecular formula is C71H75IrN3OSi-2. The van der Waals surface area contributed by atoms with E-state index in [4.69, 9.17) is 9.40 Å². The summed E-state index contributed by atoms with van der Waals surface area (Å²) in [5, 5.41) is 8.44. The first kappa shape index (κ1) is 55.3. The van der Waals surface area contributed by atoms with Crippen molar-refractivity contribution in [2.24, 2.45) is 0 Å². The summed E-state index contributed by atoms with van der Waals surface area (Å²) in [4.78, 5) is 9.99. The minimum Gasteiger partial charge on any atom is -0.501 e. The fourth-order valence-corrected chi connectivity index (χ4v) is 11.7. The third kappa shape index (κ3) is 10.9. The van der Waals surface area contributed by atoms with Crippen LogP contribution < -0.4 is 5.19 Å². The summed E-state index contributed by atoms with van der Waals surface area (Å²) in [7, 11) is -1.64. The molecule has 8 aromatic carbocycles. The molecule has 0 unspecified atom stereocenters. The number of furan rings is 1. The van der Waals surface area contributed by atoms with Crippen LogP contribution in [0, 0.1) is 12.1 Å². The van der Waals surface area contributed by atoms with Gasteiger partial charge in [0.25, 0.3) is 0 Å². The number of fused-ring (bicyclic) bond motifs is 7. The molecule has 6 heteroatoms. The third-order valence-electron chi connectivity index (χ3n) is 15.3. The fourth-order valence-electron chi connectivity index (χ4n) is 10.6. The molecule has 77 heavy (non-hydrogen) atoms. The zero-order valence-electron chi connectivity index (χ0n) is 48.2. The molecule has 0 spiro atoms. The third-order valence-corrected chi connectivity index (χ3v) is 17.3. The summed E-state index contributed by atoms with van der Waals surface area (Å²) in [5.41, 5.74) is 17.3. The Morgan fingerprint density at radius 1 is 0.545 bits per heavy atom. The van der Waals surface area contributed by atoms with Crippen LogP contribution in [0.15, 0.2) is 156 Å². The largest absolute Gasteiger partial charge is 0.501 e. The van der Waals surface area contributed by atoms with E-state index in [9.17, 15) is 0 Å². The molecule has 0 saturated heterocycles. The van der Waals surface area contributed by atoms with E-state index in [1.54, 1.807) is 0 Å². The Kier molecular flexibility index (Phi) is 14.9. The van der Waals surface area contributed by atoms with Gasteiger partial charge in [-0.15, -0.1) is 54.1 Å². The van der Waals surface area contributed by atoms with Gasteiger partial charge in [-0.25, -0.2) is 0 Å². The molecule has 0 aliphatic rings.